The highest BCUT2D eigenvalue weighted by Crippen LogP contribution is 2.23. The van der Waals surface area contributed by atoms with E-state index < -0.39 is 0 Å². The maximum absolute atomic E-state index is 12.4. The molecular weight excluding hydrogens is 348 g/mol. The van der Waals surface area contributed by atoms with E-state index in [-0.39, 0.29) is 5.91 Å². The van der Waals surface area contributed by atoms with E-state index in [0.29, 0.717) is 29.8 Å². The summed E-state index contributed by atoms with van der Waals surface area (Å²) in [5.74, 6) is 0.277. The van der Waals surface area contributed by atoms with Gasteiger partial charge in [0.1, 0.15) is 0 Å². The first-order valence-corrected chi connectivity index (χ1v) is 7.34. The van der Waals surface area contributed by atoms with Crippen LogP contribution in [0.1, 0.15) is 26.3 Å². The Kier molecular flexibility index (Phi) is 5.27. The second kappa shape index (κ2) is 7.17. The first-order valence-electron chi connectivity index (χ1n) is 6.55. The maximum atomic E-state index is 12.4. The summed E-state index contributed by atoms with van der Waals surface area (Å²) in [6.07, 6.45) is 2.34. The molecule has 0 saturated heterocycles. The smallest absolute Gasteiger partial charge is 0.254 e. The first-order chi connectivity index (χ1) is 10.6. The maximum Gasteiger partial charge on any atom is 0.254 e. The van der Waals surface area contributed by atoms with Gasteiger partial charge >= 0.3 is 0 Å². The molecule has 0 radical (unpaired) electrons. The van der Waals surface area contributed by atoms with Gasteiger partial charge in [-0.05, 0) is 33.6 Å². The molecule has 0 saturated carbocycles. The lowest BCUT2D eigenvalue weighted by atomic mass is 10.1. The molecule has 2 aromatic rings. The van der Waals surface area contributed by atoms with Crippen LogP contribution in [-0.2, 0) is 6.54 Å². The van der Waals surface area contributed by atoms with Gasteiger partial charge in [0, 0.05) is 25.4 Å². The number of methoxy groups -OCH3 is 1. The minimum Gasteiger partial charge on any atom is -0.480 e. The number of aromatic nitrogens is 1. The van der Waals surface area contributed by atoms with Crippen LogP contribution in [0.15, 0.2) is 41.0 Å². The van der Waals surface area contributed by atoms with Gasteiger partial charge in [0.15, 0.2) is 6.29 Å². The lowest BCUT2D eigenvalue weighted by molar-refractivity contribution is 0.0782. The number of carbonyl (C=O) groups excluding carboxylic acids is 2. The van der Waals surface area contributed by atoms with Crippen molar-refractivity contribution in [1.82, 2.24) is 9.88 Å². The van der Waals surface area contributed by atoms with Gasteiger partial charge in [-0.15, -0.1) is 0 Å². The first kappa shape index (κ1) is 16.2. The summed E-state index contributed by atoms with van der Waals surface area (Å²) < 4.78 is 5.80. The third-order valence-corrected chi connectivity index (χ3v) is 3.71. The lowest BCUT2D eigenvalue weighted by Gasteiger charge is -2.18. The molecule has 0 aliphatic rings. The Morgan fingerprint density at radius 3 is 2.77 bits per heavy atom. The van der Waals surface area contributed by atoms with E-state index in [1.165, 1.54) is 4.90 Å². The SMILES string of the molecule is COc1ncc(CN(C)C(=O)c2ccccc2C=O)cc1Br. The number of hydrogen-bond donors (Lipinski definition) is 0. The number of hydrogen-bond acceptors (Lipinski definition) is 4. The topological polar surface area (TPSA) is 59.5 Å². The van der Waals surface area contributed by atoms with Crippen molar-refractivity contribution in [3.63, 3.8) is 0 Å². The minimum absolute atomic E-state index is 0.213. The standard InChI is InChI=1S/C16H15BrN2O3/c1-19(9-11-7-14(17)15(22-2)18-8-11)16(21)13-6-4-3-5-12(13)10-20/h3-8,10H,9H2,1-2H3. The fraction of sp³-hybridized carbons (Fsp3) is 0.188. The molecule has 1 amide bonds. The average Bonchev–Trinajstić information content (AvgIpc) is 2.54. The van der Waals surface area contributed by atoms with Crippen LogP contribution in [0.2, 0.25) is 0 Å². The van der Waals surface area contributed by atoms with E-state index in [1.807, 2.05) is 6.07 Å². The van der Waals surface area contributed by atoms with Crippen LogP contribution >= 0.6 is 15.9 Å². The largest absolute Gasteiger partial charge is 0.480 e. The van der Waals surface area contributed by atoms with Gasteiger partial charge in [0.25, 0.3) is 5.91 Å². The van der Waals surface area contributed by atoms with E-state index >= 15 is 0 Å². The second-order valence-corrected chi connectivity index (χ2v) is 5.56. The predicted octanol–water partition coefficient (Wildman–Crippen LogP) is 2.94. The average molecular weight is 363 g/mol. The van der Waals surface area contributed by atoms with Crippen molar-refractivity contribution in [1.29, 1.82) is 0 Å². The van der Waals surface area contributed by atoms with Gasteiger partial charge < -0.3 is 9.64 Å². The van der Waals surface area contributed by atoms with E-state index in [0.717, 1.165) is 10.0 Å². The fourth-order valence-corrected chi connectivity index (χ4v) is 2.61. The van der Waals surface area contributed by atoms with Gasteiger partial charge in [-0.2, -0.15) is 0 Å². The molecule has 2 rings (SSSR count). The molecule has 5 nitrogen and oxygen atoms in total. The van der Waals surface area contributed by atoms with Crippen molar-refractivity contribution in [2.75, 3.05) is 14.2 Å². The van der Waals surface area contributed by atoms with E-state index in [1.54, 1.807) is 44.6 Å². The Bertz CT molecular complexity index is 704. The number of nitrogens with zero attached hydrogens (tertiary/aromatic N) is 2. The van der Waals surface area contributed by atoms with Gasteiger partial charge in [0.05, 0.1) is 17.1 Å². The third kappa shape index (κ3) is 3.51. The molecule has 1 aromatic heterocycles. The van der Waals surface area contributed by atoms with Crippen LogP contribution in [0.5, 0.6) is 5.88 Å². The number of pyridine rings is 1. The second-order valence-electron chi connectivity index (χ2n) is 4.70. The summed E-state index contributed by atoms with van der Waals surface area (Å²) in [7, 11) is 3.22. The number of ether oxygens (including phenoxy) is 1. The summed E-state index contributed by atoms with van der Waals surface area (Å²) in [6.45, 7) is 0.377. The molecule has 0 spiro atoms. The number of halogens is 1. The quantitative estimate of drug-likeness (QED) is 0.767. The molecule has 0 N–H and O–H groups in total. The molecule has 0 unspecified atom stereocenters. The van der Waals surface area contributed by atoms with Crippen LogP contribution in [0.4, 0.5) is 0 Å². The fourth-order valence-electron chi connectivity index (χ4n) is 2.05. The van der Waals surface area contributed by atoms with Crippen molar-refractivity contribution in [2.45, 2.75) is 6.54 Å². The zero-order valence-electron chi connectivity index (χ0n) is 12.2. The Hall–Kier alpha value is -2.21. The monoisotopic (exact) mass is 362 g/mol. The van der Waals surface area contributed by atoms with Gasteiger partial charge in [-0.25, -0.2) is 4.98 Å². The van der Waals surface area contributed by atoms with E-state index in [2.05, 4.69) is 20.9 Å². The van der Waals surface area contributed by atoms with Crippen molar-refractivity contribution in [3.8, 4) is 5.88 Å². The van der Waals surface area contributed by atoms with Crippen LogP contribution in [-0.4, -0.2) is 36.2 Å². The Labute approximate surface area is 137 Å². The number of aldehydes is 1. The van der Waals surface area contributed by atoms with Crippen molar-refractivity contribution in [3.05, 3.63) is 57.7 Å². The Balaban J connectivity index is 2.18. The summed E-state index contributed by atoms with van der Waals surface area (Å²) in [4.78, 5) is 29.2. The normalized spacial score (nSPS) is 10.1. The molecular formula is C16H15BrN2O3. The predicted molar refractivity (Wildman–Crippen MR) is 86.1 cm³/mol. The molecule has 0 aliphatic carbocycles. The molecule has 0 bridgehead atoms. The summed E-state index contributed by atoms with van der Waals surface area (Å²) in [6, 6.07) is 8.58. The van der Waals surface area contributed by atoms with Gasteiger partial charge in [-0.3, -0.25) is 9.59 Å². The molecule has 0 atom stereocenters. The molecule has 114 valence electrons. The number of amides is 1. The Morgan fingerprint density at radius 2 is 2.14 bits per heavy atom. The molecule has 22 heavy (non-hydrogen) atoms. The zero-order valence-corrected chi connectivity index (χ0v) is 13.8. The summed E-state index contributed by atoms with van der Waals surface area (Å²) in [5, 5.41) is 0. The molecule has 1 heterocycles. The van der Waals surface area contributed by atoms with Crippen LogP contribution in [0.3, 0.4) is 0 Å². The number of carbonyl (C=O) groups is 2. The Morgan fingerprint density at radius 1 is 1.41 bits per heavy atom. The van der Waals surface area contributed by atoms with Crippen LogP contribution < -0.4 is 4.74 Å². The van der Waals surface area contributed by atoms with E-state index in [9.17, 15) is 9.59 Å². The zero-order chi connectivity index (χ0) is 16.1. The van der Waals surface area contributed by atoms with Gasteiger partial charge in [-0.1, -0.05) is 18.2 Å². The summed E-state index contributed by atoms with van der Waals surface area (Å²) in [5.41, 5.74) is 1.63. The highest BCUT2D eigenvalue weighted by atomic mass is 79.9. The highest BCUT2D eigenvalue weighted by Gasteiger charge is 2.16. The van der Waals surface area contributed by atoms with E-state index in [4.69, 9.17) is 4.74 Å². The number of rotatable bonds is 5. The molecule has 1 aromatic carbocycles. The molecule has 0 aliphatic heterocycles. The third-order valence-electron chi connectivity index (χ3n) is 3.14. The lowest BCUT2D eigenvalue weighted by Crippen LogP contribution is -2.27. The van der Waals surface area contributed by atoms with Crippen LogP contribution in [0.25, 0.3) is 0 Å². The number of benzene rings is 1. The minimum atomic E-state index is -0.213. The summed E-state index contributed by atoms with van der Waals surface area (Å²) >= 11 is 3.36. The van der Waals surface area contributed by atoms with Crippen LogP contribution in [0, 0.1) is 0 Å². The van der Waals surface area contributed by atoms with Crippen molar-refractivity contribution < 1.29 is 14.3 Å². The molecule has 6 heteroatoms. The highest BCUT2D eigenvalue weighted by molar-refractivity contribution is 9.10. The van der Waals surface area contributed by atoms with Crippen molar-refractivity contribution >= 4 is 28.1 Å². The molecule has 0 fully saturated rings. The van der Waals surface area contributed by atoms with Crippen molar-refractivity contribution in [2.24, 2.45) is 0 Å². The van der Waals surface area contributed by atoms with Gasteiger partial charge in [0.2, 0.25) is 5.88 Å².